The van der Waals surface area contributed by atoms with E-state index in [0.29, 0.717) is 4.83 Å². The maximum atomic E-state index is 5.58. The fourth-order valence-electron chi connectivity index (χ4n) is 1.44. The molecule has 0 aromatic heterocycles. The molecule has 1 N–H and O–H groups in total. The van der Waals surface area contributed by atoms with Crippen molar-refractivity contribution in [2.24, 2.45) is 0 Å². The van der Waals surface area contributed by atoms with Crippen LogP contribution in [0.4, 0.5) is 0 Å². The Labute approximate surface area is 63.1 Å². The smallest absolute Gasteiger partial charge is 0.0941 e. The zero-order chi connectivity index (χ0) is 6.32. The molecule has 1 unspecified atom stereocenters. The predicted molar refractivity (Wildman–Crippen MR) is 38.9 cm³/mol. The first-order chi connectivity index (χ1) is 4.31. The minimum Gasteiger partial charge on any atom is -0.371 e. The van der Waals surface area contributed by atoms with Crippen LogP contribution >= 0.6 is 15.9 Å². The molecule has 0 aromatic rings. The summed E-state index contributed by atoms with van der Waals surface area (Å²) < 4.78 is 5.58. The zero-order valence-electron chi connectivity index (χ0n) is 5.19. The SMILES string of the molecule is BrC1COC2(CNC2)C1. The maximum Gasteiger partial charge on any atom is 0.0941 e. The Bertz CT molecular complexity index is 124. The van der Waals surface area contributed by atoms with Gasteiger partial charge in [0.05, 0.1) is 12.2 Å². The third-order valence-corrected chi connectivity index (χ3v) is 2.65. The highest BCUT2D eigenvalue weighted by Gasteiger charge is 2.44. The lowest BCUT2D eigenvalue weighted by Gasteiger charge is -2.37. The highest BCUT2D eigenvalue weighted by molar-refractivity contribution is 9.09. The van der Waals surface area contributed by atoms with Crippen molar-refractivity contribution in [3.05, 3.63) is 0 Å². The van der Waals surface area contributed by atoms with Gasteiger partial charge in [-0.2, -0.15) is 0 Å². The molecule has 0 radical (unpaired) electrons. The van der Waals surface area contributed by atoms with Crippen LogP contribution in [0.2, 0.25) is 0 Å². The molecule has 3 heteroatoms. The first-order valence-electron chi connectivity index (χ1n) is 3.30. The van der Waals surface area contributed by atoms with E-state index in [9.17, 15) is 0 Å². The lowest BCUT2D eigenvalue weighted by molar-refractivity contribution is -0.0357. The molecule has 0 amide bonds. The Morgan fingerprint density at radius 2 is 2.33 bits per heavy atom. The van der Waals surface area contributed by atoms with Crippen LogP contribution in [0.15, 0.2) is 0 Å². The topological polar surface area (TPSA) is 21.3 Å². The van der Waals surface area contributed by atoms with Gasteiger partial charge in [-0.25, -0.2) is 0 Å². The standard InChI is InChI=1S/C6H10BrNO/c7-5-1-6(9-2-5)3-8-4-6/h5,8H,1-4H2. The minimum atomic E-state index is 0.230. The summed E-state index contributed by atoms with van der Waals surface area (Å²) in [5.41, 5.74) is 0.230. The molecule has 1 spiro atoms. The number of ether oxygens (including phenoxy) is 1. The summed E-state index contributed by atoms with van der Waals surface area (Å²) in [5.74, 6) is 0. The lowest BCUT2D eigenvalue weighted by atomic mass is 9.94. The summed E-state index contributed by atoms with van der Waals surface area (Å²) in [7, 11) is 0. The summed E-state index contributed by atoms with van der Waals surface area (Å²) >= 11 is 3.54. The number of halogens is 1. The summed E-state index contributed by atoms with van der Waals surface area (Å²) in [5, 5.41) is 3.22. The van der Waals surface area contributed by atoms with Gasteiger partial charge in [-0.15, -0.1) is 0 Å². The van der Waals surface area contributed by atoms with Gasteiger partial charge in [0.25, 0.3) is 0 Å². The minimum absolute atomic E-state index is 0.230. The van der Waals surface area contributed by atoms with Crippen LogP contribution < -0.4 is 5.32 Å². The monoisotopic (exact) mass is 191 g/mol. The van der Waals surface area contributed by atoms with Gasteiger partial charge < -0.3 is 10.1 Å². The first-order valence-corrected chi connectivity index (χ1v) is 4.21. The van der Waals surface area contributed by atoms with E-state index in [-0.39, 0.29) is 5.60 Å². The van der Waals surface area contributed by atoms with Crippen molar-refractivity contribution in [1.29, 1.82) is 0 Å². The van der Waals surface area contributed by atoms with Crippen molar-refractivity contribution < 1.29 is 4.74 Å². The van der Waals surface area contributed by atoms with E-state index in [1.165, 1.54) is 6.42 Å². The van der Waals surface area contributed by atoms with Gasteiger partial charge in [0, 0.05) is 17.9 Å². The molecule has 1 atom stereocenters. The highest BCUT2D eigenvalue weighted by Crippen LogP contribution is 2.32. The summed E-state index contributed by atoms with van der Waals surface area (Å²) in [6, 6.07) is 0. The molecule has 0 saturated carbocycles. The second-order valence-electron chi connectivity index (χ2n) is 2.90. The molecule has 2 aliphatic rings. The van der Waals surface area contributed by atoms with Gasteiger partial charge >= 0.3 is 0 Å². The van der Waals surface area contributed by atoms with Gasteiger partial charge in [0.15, 0.2) is 0 Å². The van der Waals surface area contributed by atoms with E-state index >= 15 is 0 Å². The van der Waals surface area contributed by atoms with Crippen molar-refractivity contribution in [3.63, 3.8) is 0 Å². The van der Waals surface area contributed by atoms with Crippen molar-refractivity contribution in [2.45, 2.75) is 16.8 Å². The van der Waals surface area contributed by atoms with Gasteiger partial charge in [0.1, 0.15) is 0 Å². The van der Waals surface area contributed by atoms with E-state index in [2.05, 4.69) is 21.2 Å². The normalized spacial score (nSPS) is 39.0. The molecule has 52 valence electrons. The average molecular weight is 192 g/mol. The third kappa shape index (κ3) is 0.914. The Hall–Kier alpha value is 0.400. The van der Waals surface area contributed by atoms with Crippen LogP contribution in [0.3, 0.4) is 0 Å². The van der Waals surface area contributed by atoms with E-state index in [1.807, 2.05) is 0 Å². The van der Waals surface area contributed by atoms with Crippen molar-refractivity contribution >= 4 is 15.9 Å². The molecule has 2 saturated heterocycles. The summed E-state index contributed by atoms with van der Waals surface area (Å²) in [6.07, 6.45) is 1.18. The molecular formula is C6H10BrNO. The second-order valence-corrected chi connectivity index (χ2v) is 4.19. The Morgan fingerprint density at radius 1 is 1.56 bits per heavy atom. The number of rotatable bonds is 0. The second kappa shape index (κ2) is 1.94. The molecule has 0 aromatic carbocycles. The molecule has 2 nitrogen and oxygen atoms in total. The van der Waals surface area contributed by atoms with E-state index in [4.69, 9.17) is 4.74 Å². The molecule has 9 heavy (non-hydrogen) atoms. The number of hydrogen-bond donors (Lipinski definition) is 1. The fraction of sp³-hybridized carbons (Fsp3) is 1.00. The van der Waals surface area contributed by atoms with Gasteiger partial charge in [-0.3, -0.25) is 0 Å². The molecule has 2 aliphatic heterocycles. The molecule has 2 rings (SSSR count). The van der Waals surface area contributed by atoms with Crippen molar-refractivity contribution in [1.82, 2.24) is 5.32 Å². The van der Waals surface area contributed by atoms with Crippen LogP contribution in [0.25, 0.3) is 0 Å². The first kappa shape index (κ1) is 6.13. The average Bonchev–Trinajstić information content (AvgIpc) is 2.09. The third-order valence-electron chi connectivity index (χ3n) is 2.06. The Kier molecular flexibility index (Phi) is 1.32. The van der Waals surface area contributed by atoms with Crippen LogP contribution in [-0.4, -0.2) is 30.1 Å². The van der Waals surface area contributed by atoms with E-state index in [1.54, 1.807) is 0 Å². The summed E-state index contributed by atoms with van der Waals surface area (Å²) in [4.78, 5) is 0.597. The fourth-order valence-corrected chi connectivity index (χ4v) is 2.16. The Morgan fingerprint density at radius 3 is 2.56 bits per heavy atom. The number of hydrogen-bond acceptors (Lipinski definition) is 2. The molecule has 0 aliphatic carbocycles. The summed E-state index contributed by atoms with van der Waals surface area (Å²) in [6.45, 7) is 2.99. The van der Waals surface area contributed by atoms with Gasteiger partial charge in [0.2, 0.25) is 0 Å². The van der Waals surface area contributed by atoms with Gasteiger partial charge in [-0.1, -0.05) is 15.9 Å². The van der Waals surface area contributed by atoms with Crippen LogP contribution in [0, 0.1) is 0 Å². The molecule has 0 bridgehead atoms. The van der Waals surface area contributed by atoms with Crippen LogP contribution in [-0.2, 0) is 4.74 Å². The largest absolute Gasteiger partial charge is 0.371 e. The zero-order valence-corrected chi connectivity index (χ0v) is 6.78. The van der Waals surface area contributed by atoms with Crippen LogP contribution in [0.5, 0.6) is 0 Å². The molecular weight excluding hydrogens is 182 g/mol. The van der Waals surface area contributed by atoms with Crippen LogP contribution in [0.1, 0.15) is 6.42 Å². The quantitative estimate of drug-likeness (QED) is 0.564. The maximum absolute atomic E-state index is 5.58. The Balaban J connectivity index is 1.99. The lowest BCUT2D eigenvalue weighted by Crippen LogP contribution is -2.59. The predicted octanol–water partition coefficient (Wildman–Crippen LogP) is 0.512. The molecule has 2 fully saturated rings. The van der Waals surface area contributed by atoms with Crippen molar-refractivity contribution in [2.75, 3.05) is 19.7 Å². The number of nitrogens with one attached hydrogen (secondary N) is 1. The highest BCUT2D eigenvalue weighted by atomic mass is 79.9. The van der Waals surface area contributed by atoms with E-state index in [0.717, 1.165) is 19.7 Å². The van der Waals surface area contributed by atoms with Gasteiger partial charge in [-0.05, 0) is 6.42 Å². The molecule has 2 heterocycles. The van der Waals surface area contributed by atoms with E-state index < -0.39 is 0 Å². The van der Waals surface area contributed by atoms with Crippen molar-refractivity contribution in [3.8, 4) is 0 Å². The number of alkyl halides is 1.